The number of hydrogen-bond donors (Lipinski definition) is 0. The SMILES string of the molecule is c1ccc(COC[C@H]2O[C@H]([CH+]OC[C@@H]3C[C@H]3c3ccccc3)[C@@H](OCc3ccccc3)[C@@H]2OCc2ccccc2)cc1. The van der Waals surface area contributed by atoms with E-state index in [0.717, 1.165) is 23.1 Å². The third-order valence-electron chi connectivity index (χ3n) is 8.00. The molecule has 2 aliphatic rings. The molecule has 6 atom stereocenters. The lowest BCUT2D eigenvalue weighted by Crippen LogP contribution is -2.39. The second kappa shape index (κ2) is 14.6. The first-order valence-electron chi connectivity index (χ1n) is 14.9. The summed E-state index contributed by atoms with van der Waals surface area (Å²) in [5.74, 6) is 1.08. The van der Waals surface area contributed by atoms with Crippen LogP contribution in [-0.2, 0) is 43.5 Å². The van der Waals surface area contributed by atoms with Crippen molar-refractivity contribution in [3.63, 3.8) is 0 Å². The molecule has 5 heteroatoms. The van der Waals surface area contributed by atoms with Crippen LogP contribution in [0.1, 0.15) is 34.6 Å². The predicted octanol–water partition coefficient (Wildman–Crippen LogP) is 7.12. The highest BCUT2D eigenvalue weighted by atomic mass is 16.6. The average Bonchev–Trinajstić information content (AvgIpc) is 3.75. The fourth-order valence-corrected chi connectivity index (χ4v) is 5.61. The maximum Gasteiger partial charge on any atom is 0.260 e. The van der Waals surface area contributed by atoms with Crippen LogP contribution in [0.3, 0.4) is 0 Å². The van der Waals surface area contributed by atoms with Crippen LogP contribution in [0.15, 0.2) is 121 Å². The molecule has 1 aliphatic carbocycles. The van der Waals surface area contributed by atoms with Crippen LogP contribution in [-0.4, -0.2) is 37.6 Å². The molecule has 6 rings (SSSR count). The van der Waals surface area contributed by atoms with Gasteiger partial charge in [-0.2, -0.15) is 4.74 Å². The van der Waals surface area contributed by atoms with Gasteiger partial charge in [0.1, 0.15) is 18.8 Å². The lowest BCUT2D eigenvalue weighted by Gasteiger charge is -2.23. The lowest BCUT2D eigenvalue weighted by molar-refractivity contribution is -0.0899. The Morgan fingerprint density at radius 3 is 1.71 bits per heavy atom. The minimum absolute atomic E-state index is 0.305. The second-order valence-electron chi connectivity index (χ2n) is 11.1. The fourth-order valence-electron chi connectivity index (χ4n) is 5.61. The summed E-state index contributed by atoms with van der Waals surface area (Å²) in [6.07, 6.45) is -0.207. The summed E-state index contributed by atoms with van der Waals surface area (Å²) in [5.41, 5.74) is 4.72. The standard InChI is InChI=1S/C37H39O5/c1-5-13-28(14-6-1)22-38-26-34-36(40-23-29-15-7-2-8-16-29)37(41-24-30-17-9-3-10-18-30)35(42-34)27-39-25-32-21-33(32)31-19-11-4-12-20-31/h1-20,27,32-37H,21-26H2/q+1/t32-,33-,34+,35+,36+,37+/m0/s1. The van der Waals surface area contributed by atoms with Gasteiger partial charge in [0.05, 0.1) is 26.4 Å². The van der Waals surface area contributed by atoms with Crippen molar-refractivity contribution < 1.29 is 23.7 Å². The van der Waals surface area contributed by atoms with Gasteiger partial charge in [0.25, 0.3) is 12.7 Å². The number of benzene rings is 4. The van der Waals surface area contributed by atoms with Gasteiger partial charge in [0, 0.05) is 0 Å². The Kier molecular flexibility index (Phi) is 9.99. The third kappa shape index (κ3) is 7.88. The minimum Gasteiger partial charge on any atom is -0.374 e. The predicted molar refractivity (Wildman–Crippen MR) is 162 cm³/mol. The van der Waals surface area contributed by atoms with E-state index in [2.05, 4.69) is 66.7 Å². The number of hydrogen-bond acceptors (Lipinski definition) is 5. The second-order valence-corrected chi connectivity index (χ2v) is 11.1. The van der Waals surface area contributed by atoms with Crippen molar-refractivity contribution in [2.24, 2.45) is 5.92 Å². The molecular formula is C37H39O5+. The molecule has 4 aromatic rings. The molecule has 1 saturated heterocycles. The van der Waals surface area contributed by atoms with E-state index < -0.39 is 0 Å². The van der Waals surface area contributed by atoms with Gasteiger partial charge in [-0.25, -0.2) is 0 Å². The topological polar surface area (TPSA) is 46.2 Å². The first-order valence-corrected chi connectivity index (χ1v) is 14.9. The molecule has 0 N–H and O–H groups in total. The summed E-state index contributed by atoms with van der Waals surface area (Å²) in [6, 6.07) is 41.3. The van der Waals surface area contributed by atoms with Crippen LogP contribution < -0.4 is 0 Å². The highest BCUT2D eigenvalue weighted by Crippen LogP contribution is 2.47. The molecule has 0 bridgehead atoms. The highest BCUT2D eigenvalue weighted by molar-refractivity contribution is 5.25. The number of ether oxygens (including phenoxy) is 5. The van der Waals surface area contributed by atoms with Crippen LogP contribution in [0.25, 0.3) is 0 Å². The molecule has 0 aromatic heterocycles. The van der Waals surface area contributed by atoms with Crippen molar-refractivity contribution in [3.8, 4) is 0 Å². The monoisotopic (exact) mass is 563 g/mol. The Morgan fingerprint density at radius 2 is 1.12 bits per heavy atom. The summed E-state index contributed by atoms with van der Waals surface area (Å²) in [5, 5.41) is 0. The van der Waals surface area contributed by atoms with Crippen LogP contribution >= 0.6 is 0 Å². The van der Waals surface area contributed by atoms with Gasteiger partial charge in [-0.05, 0) is 40.5 Å². The van der Waals surface area contributed by atoms with Crippen LogP contribution in [0, 0.1) is 12.5 Å². The van der Waals surface area contributed by atoms with E-state index >= 15 is 0 Å². The zero-order valence-corrected chi connectivity index (χ0v) is 23.9. The van der Waals surface area contributed by atoms with Crippen molar-refractivity contribution in [1.82, 2.24) is 0 Å². The van der Waals surface area contributed by atoms with Crippen molar-refractivity contribution in [3.05, 3.63) is 150 Å². The van der Waals surface area contributed by atoms with Crippen molar-refractivity contribution >= 4 is 0 Å². The molecule has 0 spiro atoms. The Labute approximate surface area is 249 Å². The van der Waals surface area contributed by atoms with Crippen molar-refractivity contribution in [1.29, 1.82) is 0 Å². The van der Waals surface area contributed by atoms with Gasteiger partial charge in [0.15, 0.2) is 6.10 Å². The molecule has 0 amide bonds. The summed E-state index contributed by atoms with van der Waals surface area (Å²) in [6.45, 7) is 4.31. The molecule has 2 fully saturated rings. The van der Waals surface area contributed by atoms with E-state index in [-0.39, 0.29) is 24.4 Å². The average molecular weight is 564 g/mol. The lowest BCUT2D eigenvalue weighted by atomic mass is 10.1. The van der Waals surface area contributed by atoms with Crippen LogP contribution in [0.4, 0.5) is 0 Å². The van der Waals surface area contributed by atoms with Crippen LogP contribution in [0.2, 0.25) is 0 Å². The molecular weight excluding hydrogens is 524 g/mol. The van der Waals surface area contributed by atoms with E-state index in [4.69, 9.17) is 23.7 Å². The molecule has 0 unspecified atom stereocenters. The van der Waals surface area contributed by atoms with E-state index in [9.17, 15) is 0 Å². The normalized spacial score (nSPS) is 24.9. The Morgan fingerprint density at radius 1 is 0.595 bits per heavy atom. The van der Waals surface area contributed by atoms with Crippen LogP contribution in [0.5, 0.6) is 0 Å². The molecule has 1 saturated carbocycles. The molecule has 5 nitrogen and oxygen atoms in total. The summed E-state index contributed by atoms with van der Waals surface area (Å²) in [4.78, 5) is 0. The quantitative estimate of drug-likeness (QED) is 0.144. The maximum atomic E-state index is 6.56. The summed E-state index contributed by atoms with van der Waals surface area (Å²) in [7, 11) is 0. The molecule has 1 aliphatic heterocycles. The Hall–Kier alpha value is -3.45. The summed E-state index contributed by atoms with van der Waals surface area (Å²) >= 11 is 0. The zero-order valence-electron chi connectivity index (χ0n) is 23.9. The minimum atomic E-state index is -0.381. The van der Waals surface area contributed by atoms with E-state index in [1.165, 1.54) is 5.56 Å². The van der Waals surface area contributed by atoms with E-state index in [1.54, 1.807) is 0 Å². The Balaban J connectivity index is 1.12. The summed E-state index contributed by atoms with van der Waals surface area (Å²) < 4.78 is 32.0. The number of rotatable bonds is 15. The van der Waals surface area contributed by atoms with Gasteiger partial charge < -0.3 is 18.9 Å². The van der Waals surface area contributed by atoms with Crippen molar-refractivity contribution in [2.45, 2.75) is 56.6 Å². The van der Waals surface area contributed by atoms with E-state index in [0.29, 0.717) is 44.9 Å². The molecule has 4 aromatic carbocycles. The van der Waals surface area contributed by atoms with Gasteiger partial charge >= 0.3 is 0 Å². The highest BCUT2D eigenvalue weighted by Gasteiger charge is 2.52. The molecule has 42 heavy (non-hydrogen) atoms. The van der Waals surface area contributed by atoms with Crippen molar-refractivity contribution in [2.75, 3.05) is 13.2 Å². The van der Waals surface area contributed by atoms with Gasteiger partial charge in [-0.15, -0.1) is 0 Å². The molecule has 1 heterocycles. The van der Waals surface area contributed by atoms with Gasteiger partial charge in [-0.3, -0.25) is 0 Å². The third-order valence-corrected chi connectivity index (χ3v) is 8.00. The van der Waals surface area contributed by atoms with E-state index in [1.807, 2.05) is 61.2 Å². The molecule has 216 valence electrons. The maximum absolute atomic E-state index is 6.56. The Bertz CT molecular complexity index is 1320. The molecule has 0 radical (unpaired) electrons. The first kappa shape index (κ1) is 28.7. The largest absolute Gasteiger partial charge is 0.374 e. The van der Waals surface area contributed by atoms with Gasteiger partial charge in [0.2, 0.25) is 0 Å². The zero-order chi connectivity index (χ0) is 28.4. The smallest absolute Gasteiger partial charge is 0.260 e. The first-order chi connectivity index (χ1) is 20.8. The fraction of sp³-hybridized carbons (Fsp3) is 0.324. The van der Waals surface area contributed by atoms with Gasteiger partial charge in [-0.1, -0.05) is 121 Å².